The first-order valence-corrected chi connectivity index (χ1v) is 6.16. The molecular weight excluding hydrogens is 194 g/mol. The topological polar surface area (TPSA) is 37.0 Å². The quantitative estimate of drug-likeness (QED) is 0.794. The van der Waals surface area contributed by atoms with Gasteiger partial charge in [-0.1, -0.05) is 0 Å². The maximum atomic E-state index is 4.62. The number of rotatable bonds is 3. The molecule has 0 radical (unpaired) electrons. The normalized spacial score (nSPS) is 20.6. The summed E-state index contributed by atoms with van der Waals surface area (Å²) in [4.78, 5) is 6.04. The lowest BCUT2D eigenvalue weighted by Gasteiger charge is -2.09. The molecule has 4 heteroatoms. The fourth-order valence-electron chi connectivity index (χ4n) is 1.75. The summed E-state index contributed by atoms with van der Waals surface area (Å²) < 4.78 is 0. The summed E-state index contributed by atoms with van der Waals surface area (Å²) in [6.07, 6.45) is 3.90. The Labute approximate surface area is 87.9 Å². The summed E-state index contributed by atoms with van der Waals surface area (Å²) in [6.45, 7) is 3.22. The molecule has 1 aromatic rings. The van der Waals surface area contributed by atoms with E-state index in [2.05, 4.69) is 15.6 Å². The van der Waals surface area contributed by atoms with Crippen molar-refractivity contribution in [2.45, 2.75) is 25.8 Å². The maximum absolute atomic E-state index is 4.62. The number of hydrogen-bond acceptors (Lipinski definition) is 4. The smallest absolute Gasteiger partial charge is 0.183 e. The van der Waals surface area contributed by atoms with Gasteiger partial charge in [-0.2, -0.15) is 0 Å². The highest BCUT2D eigenvalue weighted by atomic mass is 32.1. The number of anilines is 1. The minimum Gasteiger partial charge on any atom is -0.361 e. The van der Waals surface area contributed by atoms with Crippen molar-refractivity contribution >= 4 is 16.5 Å². The fourth-order valence-corrected chi connectivity index (χ4v) is 2.74. The Kier molecular flexibility index (Phi) is 2.18. The summed E-state index contributed by atoms with van der Waals surface area (Å²) in [7, 11) is 0. The molecule has 0 bridgehead atoms. The van der Waals surface area contributed by atoms with Gasteiger partial charge in [0, 0.05) is 30.9 Å². The third-order valence-electron chi connectivity index (χ3n) is 2.84. The van der Waals surface area contributed by atoms with Crippen molar-refractivity contribution in [3.8, 4) is 0 Å². The first-order valence-electron chi connectivity index (χ1n) is 5.35. The van der Waals surface area contributed by atoms with Gasteiger partial charge in [0.15, 0.2) is 5.13 Å². The first kappa shape index (κ1) is 8.68. The molecule has 1 aliphatic heterocycles. The van der Waals surface area contributed by atoms with Crippen LogP contribution in [0.2, 0.25) is 0 Å². The summed E-state index contributed by atoms with van der Waals surface area (Å²) in [5.74, 6) is 0.925. The Morgan fingerprint density at radius 1 is 1.50 bits per heavy atom. The van der Waals surface area contributed by atoms with Crippen molar-refractivity contribution in [3.63, 3.8) is 0 Å². The van der Waals surface area contributed by atoms with E-state index in [0.717, 1.165) is 37.1 Å². The standard InChI is InChI=1S/C10H15N3S/c1-2-7(1)5-12-10-13-8-3-4-11-6-9(8)14-10/h7,11H,1-6H2,(H,12,13). The monoisotopic (exact) mass is 209 g/mol. The zero-order valence-electron chi connectivity index (χ0n) is 8.18. The molecule has 14 heavy (non-hydrogen) atoms. The van der Waals surface area contributed by atoms with Gasteiger partial charge in [-0.25, -0.2) is 4.98 Å². The highest BCUT2D eigenvalue weighted by molar-refractivity contribution is 7.15. The molecule has 3 nitrogen and oxygen atoms in total. The zero-order chi connectivity index (χ0) is 9.38. The van der Waals surface area contributed by atoms with Crippen LogP contribution in [0.1, 0.15) is 23.4 Å². The number of nitrogens with zero attached hydrogens (tertiary/aromatic N) is 1. The van der Waals surface area contributed by atoms with Crippen molar-refractivity contribution in [3.05, 3.63) is 10.6 Å². The second-order valence-corrected chi connectivity index (χ2v) is 5.22. The maximum Gasteiger partial charge on any atom is 0.183 e. The van der Waals surface area contributed by atoms with Gasteiger partial charge in [0.25, 0.3) is 0 Å². The predicted molar refractivity (Wildman–Crippen MR) is 58.7 cm³/mol. The third-order valence-corrected chi connectivity index (χ3v) is 3.90. The van der Waals surface area contributed by atoms with Crippen LogP contribution in [0.25, 0.3) is 0 Å². The van der Waals surface area contributed by atoms with E-state index in [1.54, 1.807) is 0 Å². The second-order valence-electron chi connectivity index (χ2n) is 4.14. The number of fused-ring (bicyclic) bond motifs is 1. The molecule has 2 N–H and O–H groups in total. The number of nitrogens with one attached hydrogen (secondary N) is 2. The van der Waals surface area contributed by atoms with E-state index in [-0.39, 0.29) is 0 Å². The van der Waals surface area contributed by atoms with Crippen molar-refractivity contribution in [1.82, 2.24) is 10.3 Å². The zero-order valence-corrected chi connectivity index (χ0v) is 8.99. The van der Waals surface area contributed by atoms with Gasteiger partial charge in [-0.05, 0) is 18.8 Å². The van der Waals surface area contributed by atoms with Crippen LogP contribution >= 0.6 is 11.3 Å². The lowest BCUT2D eigenvalue weighted by atomic mass is 10.2. The van der Waals surface area contributed by atoms with E-state index >= 15 is 0 Å². The Hall–Kier alpha value is -0.610. The minimum atomic E-state index is 0.925. The Morgan fingerprint density at radius 2 is 2.43 bits per heavy atom. The number of hydrogen-bond donors (Lipinski definition) is 2. The summed E-state index contributed by atoms with van der Waals surface area (Å²) in [6, 6.07) is 0. The second kappa shape index (κ2) is 3.51. The summed E-state index contributed by atoms with van der Waals surface area (Å²) in [5, 5.41) is 7.95. The largest absolute Gasteiger partial charge is 0.361 e. The van der Waals surface area contributed by atoms with Crippen molar-refractivity contribution in [2.24, 2.45) is 5.92 Å². The van der Waals surface area contributed by atoms with Gasteiger partial charge in [-0.15, -0.1) is 11.3 Å². The molecule has 0 unspecified atom stereocenters. The average Bonchev–Trinajstić information content (AvgIpc) is 2.94. The molecule has 2 heterocycles. The molecule has 2 aliphatic rings. The molecule has 0 amide bonds. The highest BCUT2D eigenvalue weighted by Crippen LogP contribution is 2.30. The van der Waals surface area contributed by atoms with E-state index < -0.39 is 0 Å². The Balaban J connectivity index is 1.68. The number of thiazole rings is 1. The first-order chi connectivity index (χ1) is 6.92. The molecule has 76 valence electrons. The van der Waals surface area contributed by atoms with Crippen molar-refractivity contribution in [1.29, 1.82) is 0 Å². The van der Waals surface area contributed by atoms with Gasteiger partial charge in [0.1, 0.15) is 0 Å². The van der Waals surface area contributed by atoms with E-state index in [9.17, 15) is 0 Å². The molecule has 3 rings (SSSR count). The van der Waals surface area contributed by atoms with Gasteiger partial charge in [-0.3, -0.25) is 0 Å². The van der Waals surface area contributed by atoms with Crippen LogP contribution in [-0.2, 0) is 13.0 Å². The number of aromatic nitrogens is 1. The molecule has 0 atom stereocenters. The van der Waals surface area contributed by atoms with Crippen LogP contribution in [0.15, 0.2) is 0 Å². The van der Waals surface area contributed by atoms with E-state index in [4.69, 9.17) is 0 Å². The van der Waals surface area contributed by atoms with E-state index in [1.807, 2.05) is 11.3 Å². The van der Waals surface area contributed by atoms with Gasteiger partial charge >= 0.3 is 0 Å². The van der Waals surface area contributed by atoms with Gasteiger partial charge in [0.2, 0.25) is 0 Å². The van der Waals surface area contributed by atoms with Crippen LogP contribution < -0.4 is 10.6 Å². The third kappa shape index (κ3) is 1.77. The van der Waals surface area contributed by atoms with Crippen LogP contribution in [0.4, 0.5) is 5.13 Å². The Bertz CT molecular complexity index is 307. The predicted octanol–water partition coefficient (Wildman–Crippen LogP) is 1.61. The molecule has 0 saturated heterocycles. The molecule has 1 aliphatic carbocycles. The molecule has 1 fully saturated rings. The highest BCUT2D eigenvalue weighted by Gasteiger charge is 2.21. The fraction of sp³-hybridized carbons (Fsp3) is 0.700. The van der Waals surface area contributed by atoms with Crippen LogP contribution in [0.3, 0.4) is 0 Å². The lowest BCUT2D eigenvalue weighted by molar-refractivity contribution is 0.644. The van der Waals surface area contributed by atoms with E-state index in [1.165, 1.54) is 23.4 Å². The molecule has 0 spiro atoms. The summed E-state index contributed by atoms with van der Waals surface area (Å²) in [5.41, 5.74) is 1.31. The van der Waals surface area contributed by atoms with Crippen molar-refractivity contribution in [2.75, 3.05) is 18.4 Å². The SMILES string of the molecule is C1Cc2nc(NCC3CC3)sc2CN1. The molecular formula is C10H15N3S. The minimum absolute atomic E-state index is 0.925. The molecule has 0 aromatic carbocycles. The molecule has 1 aromatic heterocycles. The Morgan fingerprint density at radius 3 is 3.21 bits per heavy atom. The lowest BCUT2D eigenvalue weighted by Crippen LogP contribution is -2.22. The summed E-state index contributed by atoms with van der Waals surface area (Å²) >= 11 is 1.82. The average molecular weight is 209 g/mol. The van der Waals surface area contributed by atoms with Crippen molar-refractivity contribution < 1.29 is 0 Å². The van der Waals surface area contributed by atoms with E-state index in [0.29, 0.717) is 0 Å². The molecule has 1 saturated carbocycles. The van der Waals surface area contributed by atoms with Crippen LogP contribution in [0.5, 0.6) is 0 Å². The van der Waals surface area contributed by atoms with Gasteiger partial charge < -0.3 is 10.6 Å². The van der Waals surface area contributed by atoms with Crippen LogP contribution in [-0.4, -0.2) is 18.1 Å². The van der Waals surface area contributed by atoms with Crippen LogP contribution in [0, 0.1) is 5.92 Å². The van der Waals surface area contributed by atoms with Gasteiger partial charge in [0.05, 0.1) is 5.69 Å².